The number of halogens is 3. The van der Waals surface area contributed by atoms with Crippen LogP contribution in [0.2, 0.25) is 0 Å². The number of hydrogen-bond acceptors (Lipinski definition) is 4. The van der Waals surface area contributed by atoms with Crippen LogP contribution in [0.1, 0.15) is 30.9 Å². The van der Waals surface area contributed by atoms with Crippen LogP contribution in [0.5, 0.6) is 0 Å². The summed E-state index contributed by atoms with van der Waals surface area (Å²) < 4.78 is 44.7. The highest BCUT2D eigenvalue weighted by Gasteiger charge is 2.34. The summed E-state index contributed by atoms with van der Waals surface area (Å²) in [5.41, 5.74) is -0.419. The Bertz CT molecular complexity index is 737. The number of aryl methyl sites for hydroxylation is 2. The molecule has 0 fully saturated rings. The van der Waals surface area contributed by atoms with Crippen molar-refractivity contribution in [3.8, 4) is 0 Å². The van der Waals surface area contributed by atoms with Crippen molar-refractivity contribution < 1.29 is 22.4 Å². The summed E-state index contributed by atoms with van der Waals surface area (Å²) in [6.45, 7) is 7.18. The normalized spacial score (nSPS) is 13.1. The monoisotopic (exact) mass is 372 g/mol. The average Bonchev–Trinajstić information content (AvgIpc) is 2.82. The Labute approximate surface area is 148 Å². The maximum absolute atomic E-state index is 13.1. The molecule has 25 heavy (non-hydrogen) atoms. The van der Waals surface area contributed by atoms with Gasteiger partial charge in [-0.2, -0.15) is 13.2 Å². The van der Waals surface area contributed by atoms with Gasteiger partial charge >= 0.3 is 6.18 Å². The summed E-state index contributed by atoms with van der Waals surface area (Å²) >= 11 is 1.10. The van der Waals surface area contributed by atoms with Crippen molar-refractivity contribution in [3.05, 3.63) is 41.3 Å². The van der Waals surface area contributed by atoms with Crippen molar-refractivity contribution in [3.63, 3.8) is 0 Å². The number of aromatic nitrogens is 1. The zero-order valence-corrected chi connectivity index (χ0v) is 15.1. The maximum Gasteiger partial charge on any atom is 0.418 e. The SMILES string of the molecule is Cc1nc(SC(C(=O)Nc2ccccc2C(F)(F)F)C(C)C)oc1C. The molecule has 2 aromatic rings. The van der Waals surface area contributed by atoms with E-state index in [0.29, 0.717) is 16.7 Å². The number of carbonyl (C=O) groups excluding carboxylic acids is 1. The number of hydrogen-bond donors (Lipinski definition) is 1. The number of amides is 1. The molecule has 136 valence electrons. The van der Waals surface area contributed by atoms with Gasteiger partial charge in [0.1, 0.15) is 5.76 Å². The number of anilines is 1. The molecular formula is C17H19F3N2O2S. The molecule has 1 unspecified atom stereocenters. The van der Waals surface area contributed by atoms with E-state index in [2.05, 4.69) is 10.3 Å². The third-order valence-electron chi connectivity index (χ3n) is 3.59. The highest BCUT2D eigenvalue weighted by molar-refractivity contribution is 8.00. The second-order valence-electron chi connectivity index (χ2n) is 5.94. The lowest BCUT2D eigenvalue weighted by Gasteiger charge is -2.20. The molecule has 1 aromatic heterocycles. The molecule has 1 amide bonds. The molecule has 8 heteroatoms. The molecule has 1 aromatic carbocycles. The van der Waals surface area contributed by atoms with Crippen molar-refractivity contribution in [2.24, 2.45) is 5.92 Å². The van der Waals surface area contributed by atoms with Crippen LogP contribution < -0.4 is 5.32 Å². The van der Waals surface area contributed by atoms with Crippen LogP contribution in [-0.4, -0.2) is 16.1 Å². The quantitative estimate of drug-likeness (QED) is 0.745. The smallest absolute Gasteiger partial charge is 0.418 e. The number of thioether (sulfide) groups is 1. The zero-order valence-electron chi connectivity index (χ0n) is 14.3. The first-order chi connectivity index (χ1) is 11.6. The number of benzene rings is 1. The van der Waals surface area contributed by atoms with Gasteiger partial charge in [-0.05, 0) is 31.9 Å². The van der Waals surface area contributed by atoms with E-state index in [-0.39, 0.29) is 11.6 Å². The predicted molar refractivity (Wildman–Crippen MR) is 90.5 cm³/mol. The Balaban J connectivity index is 2.22. The third kappa shape index (κ3) is 4.78. The lowest BCUT2D eigenvalue weighted by atomic mass is 10.1. The topological polar surface area (TPSA) is 55.1 Å². The molecule has 0 bridgehead atoms. The number of carbonyl (C=O) groups is 1. The van der Waals surface area contributed by atoms with Gasteiger partial charge in [0, 0.05) is 0 Å². The van der Waals surface area contributed by atoms with E-state index in [0.717, 1.165) is 17.8 Å². The summed E-state index contributed by atoms with van der Waals surface area (Å²) in [4.78, 5) is 16.8. The van der Waals surface area contributed by atoms with E-state index in [1.807, 2.05) is 13.8 Å². The average molecular weight is 372 g/mol. The second kappa shape index (κ2) is 7.51. The molecule has 1 heterocycles. The third-order valence-corrected chi connectivity index (χ3v) is 4.98. The Kier molecular flexibility index (Phi) is 5.82. The molecule has 1 atom stereocenters. The lowest BCUT2D eigenvalue weighted by Crippen LogP contribution is -2.30. The number of para-hydroxylation sites is 1. The number of alkyl halides is 3. The van der Waals surface area contributed by atoms with Gasteiger partial charge in [-0.25, -0.2) is 4.98 Å². The van der Waals surface area contributed by atoms with E-state index in [4.69, 9.17) is 4.42 Å². The van der Waals surface area contributed by atoms with Crippen LogP contribution in [0.4, 0.5) is 18.9 Å². The van der Waals surface area contributed by atoms with Crippen LogP contribution in [0.25, 0.3) is 0 Å². The van der Waals surface area contributed by atoms with Crippen LogP contribution in [0.3, 0.4) is 0 Å². The molecule has 0 aliphatic rings. The van der Waals surface area contributed by atoms with Crippen molar-refractivity contribution in [2.45, 2.75) is 44.3 Å². The fourth-order valence-electron chi connectivity index (χ4n) is 2.14. The van der Waals surface area contributed by atoms with Crippen molar-refractivity contribution in [2.75, 3.05) is 5.32 Å². The standard InChI is InChI=1S/C17H19F3N2O2S/c1-9(2)14(25-16-21-10(3)11(4)24-16)15(23)22-13-8-6-5-7-12(13)17(18,19)20/h5-9,14H,1-4H3,(H,22,23). The van der Waals surface area contributed by atoms with Crippen molar-refractivity contribution in [1.29, 1.82) is 0 Å². The molecule has 0 spiro atoms. The highest BCUT2D eigenvalue weighted by Crippen LogP contribution is 2.36. The Morgan fingerprint density at radius 3 is 2.40 bits per heavy atom. The Morgan fingerprint density at radius 2 is 1.88 bits per heavy atom. The summed E-state index contributed by atoms with van der Waals surface area (Å²) in [6, 6.07) is 4.91. The minimum atomic E-state index is -4.54. The molecular weight excluding hydrogens is 353 g/mol. The summed E-state index contributed by atoms with van der Waals surface area (Å²) in [5, 5.41) is 2.08. The summed E-state index contributed by atoms with van der Waals surface area (Å²) in [6.07, 6.45) is -4.54. The predicted octanol–water partition coefficient (Wildman–Crippen LogP) is 5.07. The fourth-order valence-corrected chi connectivity index (χ4v) is 3.16. The number of nitrogens with zero attached hydrogens (tertiary/aromatic N) is 1. The molecule has 0 saturated carbocycles. The second-order valence-corrected chi connectivity index (χ2v) is 7.03. The van der Waals surface area contributed by atoms with Gasteiger partial charge in [0.25, 0.3) is 5.22 Å². The van der Waals surface area contributed by atoms with Crippen molar-refractivity contribution >= 4 is 23.4 Å². The van der Waals surface area contributed by atoms with Gasteiger partial charge in [0.2, 0.25) is 5.91 Å². The van der Waals surface area contributed by atoms with Gasteiger partial charge < -0.3 is 9.73 Å². The van der Waals surface area contributed by atoms with E-state index >= 15 is 0 Å². The van der Waals surface area contributed by atoms with Crippen LogP contribution in [0.15, 0.2) is 33.9 Å². The van der Waals surface area contributed by atoms with E-state index in [1.54, 1.807) is 13.8 Å². The highest BCUT2D eigenvalue weighted by atomic mass is 32.2. The van der Waals surface area contributed by atoms with Gasteiger partial charge in [-0.3, -0.25) is 4.79 Å². The maximum atomic E-state index is 13.1. The minimum absolute atomic E-state index is 0.129. The minimum Gasteiger partial charge on any atom is -0.437 e. The first-order valence-corrected chi connectivity index (χ1v) is 8.55. The van der Waals surface area contributed by atoms with E-state index in [1.165, 1.54) is 18.2 Å². The van der Waals surface area contributed by atoms with E-state index in [9.17, 15) is 18.0 Å². The molecule has 0 aliphatic carbocycles. The van der Waals surface area contributed by atoms with Gasteiger partial charge in [0.05, 0.1) is 22.2 Å². The van der Waals surface area contributed by atoms with Crippen LogP contribution in [0, 0.1) is 19.8 Å². The first kappa shape index (κ1) is 19.4. The fraction of sp³-hybridized carbons (Fsp3) is 0.412. The number of oxazole rings is 1. The molecule has 0 saturated heterocycles. The van der Waals surface area contributed by atoms with E-state index < -0.39 is 22.9 Å². The van der Waals surface area contributed by atoms with Crippen molar-refractivity contribution in [1.82, 2.24) is 4.98 Å². The number of rotatable bonds is 5. The lowest BCUT2D eigenvalue weighted by molar-refractivity contribution is -0.137. The Morgan fingerprint density at radius 1 is 1.24 bits per heavy atom. The first-order valence-electron chi connectivity index (χ1n) is 7.67. The molecule has 2 rings (SSSR count). The number of nitrogens with one attached hydrogen (secondary N) is 1. The largest absolute Gasteiger partial charge is 0.437 e. The van der Waals surface area contributed by atoms with Gasteiger partial charge in [0.15, 0.2) is 0 Å². The Hall–Kier alpha value is -1.96. The van der Waals surface area contributed by atoms with Crippen LogP contribution in [-0.2, 0) is 11.0 Å². The zero-order chi connectivity index (χ0) is 18.8. The molecule has 4 nitrogen and oxygen atoms in total. The molecule has 1 N–H and O–H groups in total. The van der Waals surface area contributed by atoms with Gasteiger partial charge in [-0.1, -0.05) is 37.7 Å². The summed E-state index contributed by atoms with van der Waals surface area (Å²) in [7, 11) is 0. The summed E-state index contributed by atoms with van der Waals surface area (Å²) in [5.74, 6) is -0.00593. The molecule has 0 aliphatic heterocycles. The van der Waals surface area contributed by atoms with Crippen LogP contribution >= 0.6 is 11.8 Å². The molecule has 0 radical (unpaired) electrons. The van der Waals surface area contributed by atoms with Gasteiger partial charge in [-0.15, -0.1) is 0 Å².